The van der Waals surface area contributed by atoms with E-state index in [1.807, 2.05) is 73.7 Å². The van der Waals surface area contributed by atoms with Crippen molar-refractivity contribution >= 4 is 63.0 Å². The number of fused-ring (bicyclic) bond motifs is 1. The van der Waals surface area contributed by atoms with Crippen molar-refractivity contribution in [3.63, 3.8) is 0 Å². The summed E-state index contributed by atoms with van der Waals surface area (Å²) in [6.45, 7) is 2.18. The number of carbonyl (C=O) groups excluding carboxylic acids is 3. The lowest BCUT2D eigenvalue weighted by Crippen LogP contribution is -2.36. The van der Waals surface area contributed by atoms with Crippen LogP contribution in [0.1, 0.15) is 16.7 Å². The fourth-order valence-electron chi connectivity index (χ4n) is 4.33. The first kappa shape index (κ1) is 24.0. The number of amides is 3. The van der Waals surface area contributed by atoms with Crippen LogP contribution in [0, 0.1) is 6.92 Å². The van der Waals surface area contributed by atoms with Crippen molar-refractivity contribution in [1.82, 2.24) is 4.90 Å². The summed E-state index contributed by atoms with van der Waals surface area (Å²) in [5.41, 5.74) is 4.27. The van der Waals surface area contributed by atoms with Gasteiger partial charge in [-0.1, -0.05) is 90.7 Å². The van der Waals surface area contributed by atoms with E-state index in [1.54, 1.807) is 17.0 Å². The van der Waals surface area contributed by atoms with Crippen molar-refractivity contribution in [2.24, 2.45) is 0 Å². The molecule has 6 nitrogen and oxygen atoms in total. The van der Waals surface area contributed by atoms with Gasteiger partial charge in [0.1, 0.15) is 10.9 Å². The Labute approximate surface area is 219 Å². The van der Waals surface area contributed by atoms with E-state index in [9.17, 15) is 14.4 Å². The molecule has 3 aromatic carbocycles. The third kappa shape index (κ3) is 4.57. The predicted octanol–water partition coefficient (Wildman–Crippen LogP) is 4.79. The summed E-state index contributed by atoms with van der Waals surface area (Å²) in [5.74, 6) is -0.964. The number of carbonyl (C=O) groups is 3. The molecule has 0 atom stereocenters. The molecule has 1 saturated heterocycles. The molecule has 0 aromatic heterocycles. The Kier molecular flexibility index (Phi) is 6.71. The van der Waals surface area contributed by atoms with E-state index in [4.69, 9.17) is 12.2 Å². The van der Waals surface area contributed by atoms with Gasteiger partial charge in [-0.15, -0.1) is 0 Å². The number of benzene rings is 3. The van der Waals surface area contributed by atoms with Crippen molar-refractivity contribution in [1.29, 1.82) is 0 Å². The maximum Gasteiger partial charge on any atom is 0.267 e. The first-order chi connectivity index (χ1) is 17.4. The summed E-state index contributed by atoms with van der Waals surface area (Å²) in [7, 11) is 0. The SMILES string of the molecule is Cc1ccccc1NC(=O)CN1C(=O)/C(=C2\SC(=S)N(CCc3ccccc3)C2=O)c2ccccc21. The average molecular weight is 514 g/mol. The summed E-state index contributed by atoms with van der Waals surface area (Å²) < 4.78 is 0.430. The van der Waals surface area contributed by atoms with Crippen LogP contribution in [0.15, 0.2) is 83.8 Å². The van der Waals surface area contributed by atoms with Crippen LogP contribution in [0.2, 0.25) is 0 Å². The van der Waals surface area contributed by atoms with Gasteiger partial charge in [-0.3, -0.25) is 24.2 Å². The first-order valence-corrected chi connectivity index (χ1v) is 12.7. The van der Waals surface area contributed by atoms with Crippen LogP contribution in [0.3, 0.4) is 0 Å². The largest absolute Gasteiger partial charge is 0.324 e. The number of hydrogen-bond acceptors (Lipinski definition) is 5. The van der Waals surface area contributed by atoms with E-state index in [2.05, 4.69) is 5.32 Å². The zero-order valence-corrected chi connectivity index (χ0v) is 21.2. The number of thioether (sulfide) groups is 1. The van der Waals surface area contributed by atoms with Crippen LogP contribution in [0.5, 0.6) is 0 Å². The number of hydrogen-bond donors (Lipinski definition) is 1. The maximum atomic E-state index is 13.6. The molecule has 36 heavy (non-hydrogen) atoms. The van der Waals surface area contributed by atoms with Crippen LogP contribution in [0.4, 0.5) is 11.4 Å². The molecule has 5 rings (SSSR count). The lowest BCUT2D eigenvalue weighted by Gasteiger charge is -2.17. The molecule has 0 bridgehead atoms. The molecule has 1 N–H and O–H groups in total. The number of thiocarbonyl (C=S) groups is 1. The highest BCUT2D eigenvalue weighted by molar-refractivity contribution is 8.26. The van der Waals surface area contributed by atoms with Crippen molar-refractivity contribution < 1.29 is 14.4 Å². The first-order valence-electron chi connectivity index (χ1n) is 11.5. The standard InChI is InChI=1S/C28H23N3O3S2/c1-18-9-5-7-13-21(18)29-23(32)17-31-22-14-8-6-12-20(22)24(26(31)33)25-27(34)30(28(35)36-25)16-15-19-10-3-2-4-11-19/h2-14H,15-17H2,1H3,(H,29,32)/b25-24-. The predicted molar refractivity (Wildman–Crippen MR) is 148 cm³/mol. The quantitative estimate of drug-likeness (QED) is 0.379. The van der Waals surface area contributed by atoms with Gasteiger partial charge in [0.05, 0.1) is 16.2 Å². The smallest absolute Gasteiger partial charge is 0.267 e. The van der Waals surface area contributed by atoms with Gasteiger partial charge in [-0.05, 0) is 36.6 Å². The van der Waals surface area contributed by atoms with Gasteiger partial charge in [0, 0.05) is 17.8 Å². The molecule has 0 spiro atoms. The Morgan fingerprint density at radius 3 is 2.36 bits per heavy atom. The second-order valence-corrected chi connectivity index (χ2v) is 10.2. The number of nitrogens with zero attached hydrogens (tertiary/aromatic N) is 2. The zero-order valence-electron chi connectivity index (χ0n) is 19.6. The minimum atomic E-state index is -0.375. The van der Waals surface area contributed by atoms with Gasteiger partial charge in [-0.2, -0.15) is 0 Å². The minimum Gasteiger partial charge on any atom is -0.324 e. The van der Waals surface area contributed by atoms with Gasteiger partial charge in [0.2, 0.25) is 5.91 Å². The molecule has 0 unspecified atom stereocenters. The Morgan fingerprint density at radius 2 is 1.58 bits per heavy atom. The molecule has 1 fully saturated rings. The molecule has 0 saturated carbocycles. The van der Waals surface area contributed by atoms with Crippen LogP contribution in [0.25, 0.3) is 5.57 Å². The van der Waals surface area contributed by atoms with Crippen LogP contribution in [-0.4, -0.2) is 40.0 Å². The van der Waals surface area contributed by atoms with E-state index < -0.39 is 0 Å². The fourth-order valence-corrected chi connectivity index (χ4v) is 5.71. The van der Waals surface area contributed by atoms with Crippen LogP contribution in [-0.2, 0) is 20.8 Å². The van der Waals surface area contributed by atoms with Gasteiger partial charge < -0.3 is 5.32 Å². The average Bonchev–Trinajstić information content (AvgIpc) is 3.31. The molecule has 2 heterocycles. The van der Waals surface area contributed by atoms with Crippen LogP contribution >= 0.6 is 24.0 Å². The van der Waals surface area contributed by atoms with E-state index in [0.29, 0.717) is 44.7 Å². The van der Waals surface area contributed by atoms with Crippen molar-refractivity contribution in [3.8, 4) is 0 Å². The second kappa shape index (κ2) is 10.1. The van der Waals surface area contributed by atoms with E-state index in [1.165, 1.54) is 4.90 Å². The number of anilines is 2. The minimum absolute atomic E-state index is 0.165. The van der Waals surface area contributed by atoms with E-state index >= 15 is 0 Å². The summed E-state index contributed by atoms with van der Waals surface area (Å²) in [6, 6.07) is 24.6. The van der Waals surface area contributed by atoms with Crippen molar-refractivity contribution in [2.75, 3.05) is 23.3 Å². The zero-order chi connectivity index (χ0) is 25.2. The highest BCUT2D eigenvalue weighted by Gasteiger charge is 2.42. The monoisotopic (exact) mass is 513 g/mol. The van der Waals surface area contributed by atoms with Gasteiger partial charge in [0.15, 0.2) is 0 Å². The molecule has 3 aromatic rings. The molecule has 180 valence electrons. The number of para-hydroxylation sites is 2. The second-order valence-electron chi connectivity index (χ2n) is 8.54. The fraction of sp³-hybridized carbons (Fsp3) is 0.143. The summed E-state index contributed by atoms with van der Waals surface area (Å²) >= 11 is 6.66. The topological polar surface area (TPSA) is 69.7 Å². The third-order valence-corrected chi connectivity index (χ3v) is 7.64. The summed E-state index contributed by atoms with van der Waals surface area (Å²) in [5, 5.41) is 2.88. The lowest BCUT2D eigenvalue weighted by molar-refractivity contribution is -0.122. The summed E-state index contributed by atoms with van der Waals surface area (Å²) in [6.07, 6.45) is 0.658. The van der Waals surface area contributed by atoms with E-state index in [0.717, 1.165) is 22.9 Å². The van der Waals surface area contributed by atoms with Crippen molar-refractivity contribution in [3.05, 3.63) is 100 Å². The van der Waals surface area contributed by atoms with Gasteiger partial charge in [0.25, 0.3) is 11.8 Å². The molecule has 2 aliphatic heterocycles. The van der Waals surface area contributed by atoms with Crippen LogP contribution < -0.4 is 10.2 Å². The molecule has 8 heteroatoms. The van der Waals surface area contributed by atoms with E-state index in [-0.39, 0.29) is 24.3 Å². The normalized spacial score (nSPS) is 17.1. The Bertz CT molecular complexity index is 1420. The number of aryl methyl sites for hydroxylation is 1. The van der Waals surface area contributed by atoms with Crippen molar-refractivity contribution in [2.45, 2.75) is 13.3 Å². The molecular formula is C28H23N3O3S2. The number of rotatable bonds is 6. The molecular weight excluding hydrogens is 490 g/mol. The highest BCUT2D eigenvalue weighted by atomic mass is 32.2. The lowest BCUT2D eigenvalue weighted by atomic mass is 10.1. The Hall–Kier alpha value is -3.75. The van der Waals surface area contributed by atoms with Gasteiger partial charge >= 0.3 is 0 Å². The molecule has 0 radical (unpaired) electrons. The third-order valence-electron chi connectivity index (χ3n) is 6.19. The highest BCUT2D eigenvalue weighted by Crippen LogP contribution is 2.44. The maximum absolute atomic E-state index is 13.6. The Morgan fingerprint density at radius 1 is 0.889 bits per heavy atom. The summed E-state index contributed by atoms with van der Waals surface area (Å²) in [4.78, 5) is 43.2. The Balaban J connectivity index is 1.40. The molecule has 0 aliphatic carbocycles. The molecule has 2 aliphatic rings. The molecule has 3 amide bonds. The van der Waals surface area contributed by atoms with Gasteiger partial charge in [-0.25, -0.2) is 0 Å². The number of nitrogens with one attached hydrogen (secondary N) is 1.